The fourth-order valence-corrected chi connectivity index (χ4v) is 1.03. The molecule has 0 spiro atoms. The van der Waals surface area contributed by atoms with E-state index in [1.165, 1.54) is 0 Å². The van der Waals surface area contributed by atoms with E-state index in [2.05, 4.69) is 0 Å². The van der Waals surface area contributed by atoms with E-state index in [0.29, 0.717) is 0 Å². The van der Waals surface area contributed by atoms with E-state index in [4.69, 9.17) is 5.26 Å². The molecule has 1 aromatic carbocycles. The molecule has 0 aliphatic heterocycles. The molecule has 4 nitrogen and oxygen atoms in total. The van der Waals surface area contributed by atoms with E-state index >= 15 is 0 Å². The van der Waals surface area contributed by atoms with Crippen LogP contribution in [0.1, 0.15) is 11.1 Å². The van der Waals surface area contributed by atoms with Crippen LogP contribution in [0.4, 0.5) is 18.9 Å². The summed E-state index contributed by atoms with van der Waals surface area (Å²) in [6.45, 7) is 0.887. The number of nitrogens with zero attached hydrogens (tertiary/aromatic N) is 2. The number of nitriles is 1. The first-order valence-corrected chi connectivity index (χ1v) is 3.63. The third-order valence-corrected chi connectivity index (χ3v) is 1.81. The lowest BCUT2D eigenvalue weighted by atomic mass is 10.1. The van der Waals surface area contributed by atoms with Crippen molar-refractivity contribution in [3.05, 3.63) is 38.7 Å². The van der Waals surface area contributed by atoms with E-state index < -0.39 is 39.2 Å². The van der Waals surface area contributed by atoms with Gasteiger partial charge in [-0.2, -0.15) is 14.0 Å². The van der Waals surface area contributed by atoms with Gasteiger partial charge in [-0.3, -0.25) is 10.1 Å². The average Bonchev–Trinajstić information content (AvgIpc) is 2.15. The van der Waals surface area contributed by atoms with Crippen molar-refractivity contribution in [1.82, 2.24) is 0 Å². The topological polar surface area (TPSA) is 66.9 Å². The Labute approximate surface area is 81.7 Å². The highest BCUT2D eigenvalue weighted by Crippen LogP contribution is 2.29. The summed E-state index contributed by atoms with van der Waals surface area (Å²) in [6.07, 6.45) is 0. The number of rotatable bonds is 1. The zero-order valence-corrected chi connectivity index (χ0v) is 7.34. The zero-order valence-electron chi connectivity index (χ0n) is 7.34. The van der Waals surface area contributed by atoms with Crippen molar-refractivity contribution in [2.24, 2.45) is 0 Å². The zero-order chi connectivity index (χ0) is 11.7. The lowest BCUT2D eigenvalue weighted by molar-refractivity contribution is -0.390. The van der Waals surface area contributed by atoms with E-state index in [9.17, 15) is 23.3 Å². The normalized spacial score (nSPS) is 9.80. The van der Waals surface area contributed by atoms with E-state index in [-0.39, 0.29) is 0 Å². The molecule has 0 unspecified atom stereocenters. The van der Waals surface area contributed by atoms with Gasteiger partial charge in [-0.1, -0.05) is 0 Å². The number of nitro groups is 1. The van der Waals surface area contributed by atoms with Crippen LogP contribution < -0.4 is 0 Å². The Morgan fingerprint density at radius 1 is 1.27 bits per heavy atom. The summed E-state index contributed by atoms with van der Waals surface area (Å²) >= 11 is 0. The summed E-state index contributed by atoms with van der Waals surface area (Å²) in [5.74, 6) is -4.81. The number of halogens is 3. The molecule has 1 rings (SSSR count). The molecular formula is C8H3F3N2O2. The summed E-state index contributed by atoms with van der Waals surface area (Å²) in [5.41, 5.74) is -3.41. The fourth-order valence-electron chi connectivity index (χ4n) is 1.03. The molecule has 0 saturated heterocycles. The maximum Gasteiger partial charge on any atom is 0.341 e. The molecule has 0 aliphatic rings. The average molecular weight is 216 g/mol. The van der Waals surface area contributed by atoms with Gasteiger partial charge < -0.3 is 0 Å². The summed E-state index contributed by atoms with van der Waals surface area (Å²) in [4.78, 5) is 8.93. The van der Waals surface area contributed by atoms with Crippen LogP contribution in [0.15, 0.2) is 0 Å². The van der Waals surface area contributed by atoms with Crippen LogP contribution in [0.5, 0.6) is 0 Å². The summed E-state index contributed by atoms with van der Waals surface area (Å²) in [6, 6.07) is 1.11. The van der Waals surface area contributed by atoms with Crippen LogP contribution in [0.25, 0.3) is 0 Å². The second-order valence-corrected chi connectivity index (χ2v) is 2.66. The fraction of sp³-hybridized carbons (Fsp3) is 0.125. The molecule has 0 heterocycles. The quantitative estimate of drug-likeness (QED) is 0.533. The first-order chi connectivity index (χ1) is 6.91. The van der Waals surface area contributed by atoms with Gasteiger partial charge in [0.2, 0.25) is 11.6 Å². The van der Waals surface area contributed by atoms with E-state index in [1.54, 1.807) is 0 Å². The summed E-state index contributed by atoms with van der Waals surface area (Å²) in [7, 11) is 0. The summed E-state index contributed by atoms with van der Waals surface area (Å²) in [5, 5.41) is 18.6. The third-order valence-electron chi connectivity index (χ3n) is 1.81. The first kappa shape index (κ1) is 11.0. The standard InChI is InChI=1S/C8H3F3N2O2/c1-3-5(9)4(2-12)7(11)8(6(3)10)13(14)15/h1H3. The minimum Gasteiger partial charge on any atom is -0.258 e. The molecule has 0 bridgehead atoms. The minimum absolute atomic E-state index is 0.750. The molecule has 0 amide bonds. The largest absolute Gasteiger partial charge is 0.341 e. The van der Waals surface area contributed by atoms with Gasteiger partial charge in [0.15, 0.2) is 0 Å². The lowest BCUT2D eigenvalue weighted by Crippen LogP contribution is -2.05. The van der Waals surface area contributed by atoms with Crippen molar-refractivity contribution in [2.45, 2.75) is 6.92 Å². The molecule has 7 heteroatoms. The van der Waals surface area contributed by atoms with Crippen LogP contribution in [0.2, 0.25) is 0 Å². The van der Waals surface area contributed by atoms with Crippen molar-refractivity contribution in [1.29, 1.82) is 5.26 Å². The van der Waals surface area contributed by atoms with E-state index in [1.807, 2.05) is 0 Å². The molecule has 0 saturated carbocycles. The molecule has 0 N–H and O–H groups in total. The highest BCUT2D eigenvalue weighted by atomic mass is 19.1. The predicted molar refractivity (Wildman–Crippen MR) is 42.4 cm³/mol. The molecule has 0 fully saturated rings. The smallest absolute Gasteiger partial charge is 0.258 e. The van der Waals surface area contributed by atoms with E-state index in [0.717, 1.165) is 13.0 Å². The molecule has 78 valence electrons. The Hall–Kier alpha value is -2.10. The maximum absolute atomic E-state index is 13.1. The Morgan fingerprint density at radius 2 is 1.80 bits per heavy atom. The van der Waals surface area contributed by atoms with Crippen molar-refractivity contribution >= 4 is 5.69 Å². The third kappa shape index (κ3) is 1.50. The van der Waals surface area contributed by atoms with Crippen LogP contribution in [0, 0.1) is 45.8 Å². The van der Waals surface area contributed by atoms with Gasteiger partial charge in [-0.25, -0.2) is 4.39 Å². The Kier molecular flexibility index (Phi) is 2.61. The first-order valence-electron chi connectivity index (χ1n) is 3.63. The SMILES string of the molecule is Cc1c(F)c(C#N)c(F)c([N+](=O)[O-])c1F. The van der Waals surface area contributed by atoms with Gasteiger partial charge >= 0.3 is 5.69 Å². The van der Waals surface area contributed by atoms with Gasteiger partial charge in [0, 0.05) is 5.56 Å². The maximum atomic E-state index is 13.1. The van der Waals surface area contributed by atoms with Gasteiger partial charge in [-0.15, -0.1) is 0 Å². The molecule has 0 radical (unpaired) electrons. The predicted octanol–water partition coefficient (Wildman–Crippen LogP) is 2.19. The molecule has 0 atom stereocenters. The Morgan fingerprint density at radius 3 is 2.20 bits per heavy atom. The van der Waals surface area contributed by atoms with Crippen molar-refractivity contribution in [2.75, 3.05) is 0 Å². The Balaban J connectivity index is 3.78. The van der Waals surface area contributed by atoms with Crippen molar-refractivity contribution in [3.8, 4) is 6.07 Å². The number of hydrogen-bond donors (Lipinski definition) is 0. The lowest BCUT2D eigenvalue weighted by Gasteiger charge is -2.03. The van der Waals surface area contributed by atoms with Crippen LogP contribution in [-0.2, 0) is 0 Å². The number of nitro benzene ring substituents is 1. The van der Waals surface area contributed by atoms with Gasteiger partial charge in [0.1, 0.15) is 17.4 Å². The second-order valence-electron chi connectivity index (χ2n) is 2.66. The highest BCUT2D eigenvalue weighted by Gasteiger charge is 2.30. The molecule has 1 aromatic rings. The van der Waals surface area contributed by atoms with Gasteiger partial charge in [0.25, 0.3) is 0 Å². The highest BCUT2D eigenvalue weighted by molar-refractivity contribution is 5.48. The molecule has 15 heavy (non-hydrogen) atoms. The second kappa shape index (κ2) is 3.57. The minimum atomic E-state index is -1.79. The Bertz CT molecular complexity index is 494. The summed E-state index contributed by atoms with van der Waals surface area (Å²) < 4.78 is 39.2. The molecule has 0 aliphatic carbocycles. The number of benzene rings is 1. The van der Waals surface area contributed by atoms with Crippen LogP contribution >= 0.6 is 0 Å². The monoisotopic (exact) mass is 216 g/mol. The van der Waals surface area contributed by atoms with Crippen molar-refractivity contribution in [3.63, 3.8) is 0 Å². The van der Waals surface area contributed by atoms with Crippen LogP contribution in [-0.4, -0.2) is 4.92 Å². The van der Waals surface area contributed by atoms with Gasteiger partial charge in [-0.05, 0) is 6.92 Å². The molecule has 0 aromatic heterocycles. The molecular weight excluding hydrogens is 213 g/mol. The number of hydrogen-bond acceptors (Lipinski definition) is 3. The van der Waals surface area contributed by atoms with Gasteiger partial charge in [0.05, 0.1) is 4.92 Å². The van der Waals surface area contributed by atoms with Crippen molar-refractivity contribution < 1.29 is 18.1 Å². The van der Waals surface area contributed by atoms with Crippen LogP contribution in [0.3, 0.4) is 0 Å².